The van der Waals surface area contributed by atoms with Crippen LogP contribution in [-0.4, -0.2) is 32.8 Å². The summed E-state index contributed by atoms with van der Waals surface area (Å²) in [5.74, 6) is -1.92. The van der Waals surface area contributed by atoms with Gasteiger partial charge in [0.1, 0.15) is 11.7 Å². The maximum atomic E-state index is 13.9. The molecular weight excluding hydrogens is 529 g/mol. The lowest BCUT2D eigenvalue weighted by atomic mass is 9.87. The van der Waals surface area contributed by atoms with E-state index < -0.39 is 34.9 Å². The minimum Gasteiger partial charge on any atom is -0.360 e. The number of thiazole rings is 1. The van der Waals surface area contributed by atoms with Gasteiger partial charge >= 0.3 is 6.18 Å². The number of hydrogen-bond donors (Lipinski definition) is 2. The standard InChI is InChI=1S/C27H29F3N6O2S/c1-26(2,3)16-10-12-18(13-11-16)36(24(38)19-14-32-15-33-19)20(23(37)34-17-8-6-5-7-9-17)21-22(31-4)35-25(39-21)27(28,29)30/h10-15,17,20H,5-9H2,1-3H3,(H,32,33)(H,34,37). The Morgan fingerprint density at radius 1 is 1.15 bits per heavy atom. The molecule has 1 aliphatic carbocycles. The number of imidazole rings is 1. The minimum atomic E-state index is -4.82. The van der Waals surface area contributed by atoms with Crippen molar-refractivity contribution in [1.29, 1.82) is 0 Å². The van der Waals surface area contributed by atoms with Crippen molar-refractivity contribution in [2.24, 2.45) is 0 Å². The first-order chi connectivity index (χ1) is 18.4. The van der Waals surface area contributed by atoms with E-state index in [1.165, 1.54) is 12.5 Å². The van der Waals surface area contributed by atoms with Crippen LogP contribution in [0, 0.1) is 6.57 Å². The number of amides is 2. The molecule has 1 atom stereocenters. The SMILES string of the molecule is [C-]#[N+]c1nc(C(F)(F)F)sc1C(C(=O)NC1CCCCC1)N(C(=O)c1cnc[nH]1)c1ccc(C(C)(C)C)cc1. The van der Waals surface area contributed by atoms with Crippen molar-refractivity contribution in [2.45, 2.75) is 76.6 Å². The number of carbonyl (C=O) groups excluding carboxylic acids is 2. The van der Waals surface area contributed by atoms with E-state index in [1.54, 1.807) is 12.1 Å². The summed E-state index contributed by atoms with van der Waals surface area (Å²) >= 11 is 0.204. The number of aromatic amines is 1. The fraction of sp³-hybridized carbons (Fsp3) is 0.444. The molecule has 2 amide bonds. The summed E-state index contributed by atoms with van der Waals surface area (Å²) in [6.45, 7) is 13.6. The third kappa shape index (κ3) is 6.30. The fourth-order valence-corrected chi connectivity index (χ4v) is 5.55. The Balaban J connectivity index is 1.89. The lowest BCUT2D eigenvalue weighted by Crippen LogP contribution is -2.47. The van der Waals surface area contributed by atoms with Crippen molar-refractivity contribution in [2.75, 3.05) is 4.90 Å². The van der Waals surface area contributed by atoms with E-state index in [-0.39, 0.29) is 39.1 Å². The summed E-state index contributed by atoms with van der Waals surface area (Å²) in [5, 5.41) is 1.69. The molecule has 8 nitrogen and oxygen atoms in total. The molecule has 1 fully saturated rings. The van der Waals surface area contributed by atoms with Crippen molar-refractivity contribution in [3.63, 3.8) is 0 Å². The first-order valence-electron chi connectivity index (χ1n) is 12.6. The largest absolute Gasteiger partial charge is 0.466 e. The Morgan fingerprint density at radius 2 is 1.82 bits per heavy atom. The quantitative estimate of drug-likeness (QED) is 0.335. The number of hydrogen-bond acceptors (Lipinski definition) is 5. The van der Waals surface area contributed by atoms with E-state index in [9.17, 15) is 22.8 Å². The Morgan fingerprint density at radius 3 is 2.36 bits per heavy atom. The van der Waals surface area contributed by atoms with Gasteiger partial charge in [-0.15, -0.1) is 4.98 Å². The van der Waals surface area contributed by atoms with Crippen molar-refractivity contribution in [3.05, 3.63) is 69.3 Å². The molecule has 2 aromatic heterocycles. The first kappa shape index (κ1) is 28.3. The predicted molar refractivity (Wildman–Crippen MR) is 142 cm³/mol. The van der Waals surface area contributed by atoms with Crippen molar-refractivity contribution in [1.82, 2.24) is 20.3 Å². The fourth-order valence-electron chi connectivity index (χ4n) is 4.59. The maximum absolute atomic E-state index is 13.9. The molecule has 39 heavy (non-hydrogen) atoms. The van der Waals surface area contributed by atoms with Crippen LogP contribution in [0.15, 0.2) is 36.8 Å². The molecule has 1 aliphatic rings. The summed E-state index contributed by atoms with van der Waals surface area (Å²) in [4.78, 5) is 42.0. The highest BCUT2D eigenvalue weighted by Crippen LogP contribution is 2.43. The molecular formula is C27H29F3N6O2S. The molecule has 0 radical (unpaired) electrons. The predicted octanol–water partition coefficient (Wildman–Crippen LogP) is 6.57. The number of halogens is 3. The van der Waals surface area contributed by atoms with Crippen LogP contribution in [0.2, 0.25) is 0 Å². The van der Waals surface area contributed by atoms with E-state index >= 15 is 0 Å². The Bertz CT molecular complexity index is 1350. The highest BCUT2D eigenvalue weighted by molar-refractivity contribution is 7.12. The van der Waals surface area contributed by atoms with Crippen molar-refractivity contribution in [3.8, 4) is 0 Å². The van der Waals surface area contributed by atoms with Gasteiger partial charge in [-0.25, -0.2) is 4.98 Å². The average molecular weight is 559 g/mol. The number of alkyl halides is 3. The van der Waals surface area contributed by atoms with E-state index in [1.807, 2.05) is 32.9 Å². The monoisotopic (exact) mass is 558 g/mol. The van der Waals surface area contributed by atoms with Crippen LogP contribution >= 0.6 is 11.3 Å². The van der Waals surface area contributed by atoms with E-state index in [4.69, 9.17) is 6.57 Å². The Hall–Kier alpha value is -3.72. The van der Waals surface area contributed by atoms with Crippen LogP contribution in [0.25, 0.3) is 4.85 Å². The lowest BCUT2D eigenvalue weighted by molar-refractivity contribution is -0.137. The van der Waals surface area contributed by atoms with E-state index in [0.29, 0.717) is 0 Å². The van der Waals surface area contributed by atoms with Crippen LogP contribution < -0.4 is 10.2 Å². The molecule has 0 bridgehead atoms. The second-order valence-corrected chi connectivity index (χ2v) is 11.5. The Kier molecular flexibility index (Phi) is 8.11. The molecule has 2 heterocycles. The smallest absolute Gasteiger partial charge is 0.360 e. The summed E-state index contributed by atoms with van der Waals surface area (Å²) in [6, 6.07) is 5.16. The number of rotatable bonds is 6. The molecule has 1 aromatic carbocycles. The van der Waals surface area contributed by atoms with Gasteiger partial charge in [-0.3, -0.25) is 14.5 Å². The molecule has 1 saturated carbocycles. The van der Waals surface area contributed by atoms with Gasteiger partial charge < -0.3 is 15.1 Å². The highest BCUT2D eigenvalue weighted by atomic mass is 32.1. The molecule has 4 rings (SSSR count). The van der Waals surface area contributed by atoms with Crippen molar-refractivity contribution >= 4 is 34.7 Å². The van der Waals surface area contributed by atoms with Crippen LogP contribution in [0.5, 0.6) is 0 Å². The second-order valence-electron chi connectivity index (χ2n) is 10.5. The van der Waals surface area contributed by atoms with Gasteiger partial charge in [0.2, 0.25) is 5.91 Å². The number of H-pyrrole nitrogens is 1. The van der Waals surface area contributed by atoms with Gasteiger partial charge in [-0.1, -0.05) is 70.1 Å². The number of nitrogens with zero attached hydrogens (tertiary/aromatic N) is 4. The van der Waals surface area contributed by atoms with Gasteiger partial charge in [0.05, 0.1) is 17.4 Å². The second kappa shape index (κ2) is 11.2. The topological polar surface area (TPSA) is 95.3 Å². The number of anilines is 1. The van der Waals surface area contributed by atoms with Crippen molar-refractivity contribution < 1.29 is 22.8 Å². The molecule has 0 saturated heterocycles. The van der Waals surface area contributed by atoms with Gasteiger partial charge in [-0.05, 0) is 36.0 Å². The van der Waals surface area contributed by atoms with Gasteiger partial charge in [0, 0.05) is 11.7 Å². The number of carbonyl (C=O) groups is 2. The summed E-state index contributed by atoms with van der Waals surface area (Å²) in [5.41, 5.74) is 1.08. The molecule has 0 aliphatic heterocycles. The molecule has 0 spiro atoms. The van der Waals surface area contributed by atoms with Crippen LogP contribution in [0.1, 0.15) is 84.9 Å². The average Bonchev–Trinajstić information content (AvgIpc) is 3.57. The van der Waals surface area contributed by atoms with E-state index in [2.05, 4.69) is 25.1 Å². The number of benzene rings is 1. The zero-order valence-corrected chi connectivity index (χ0v) is 22.6. The van der Waals surface area contributed by atoms with Crippen LogP contribution in [0.3, 0.4) is 0 Å². The third-order valence-electron chi connectivity index (χ3n) is 6.65. The van der Waals surface area contributed by atoms with Gasteiger partial charge in [0.15, 0.2) is 0 Å². The number of aromatic nitrogens is 3. The van der Waals surface area contributed by atoms with Gasteiger partial charge in [-0.2, -0.15) is 13.2 Å². The van der Waals surface area contributed by atoms with Gasteiger partial charge in [0.25, 0.3) is 16.7 Å². The highest BCUT2D eigenvalue weighted by Gasteiger charge is 2.44. The Labute approximate surface area is 228 Å². The molecule has 206 valence electrons. The molecule has 1 unspecified atom stereocenters. The minimum absolute atomic E-state index is 0.0373. The normalized spacial score (nSPS) is 15.4. The summed E-state index contributed by atoms with van der Waals surface area (Å²) in [7, 11) is 0. The summed E-state index contributed by atoms with van der Waals surface area (Å²) in [6.07, 6.45) is 2.05. The molecule has 12 heteroatoms. The number of nitrogens with one attached hydrogen (secondary N) is 2. The lowest BCUT2D eigenvalue weighted by Gasteiger charge is -2.33. The first-order valence-corrected chi connectivity index (χ1v) is 13.4. The molecule has 3 aromatic rings. The third-order valence-corrected chi connectivity index (χ3v) is 7.79. The van der Waals surface area contributed by atoms with E-state index in [0.717, 1.165) is 42.6 Å². The zero-order valence-electron chi connectivity index (χ0n) is 21.8. The van der Waals surface area contributed by atoms with Crippen LogP contribution in [0.4, 0.5) is 24.7 Å². The maximum Gasteiger partial charge on any atom is 0.466 e. The van der Waals surface area contributed by atoms with Crippen LogP contribution in [-0.2, 0) is 16.4 Å². The zero-order chi connectivity index (χ0) is 28.4. The molecule has 2 N–H and O–H groups in total. The summed E-state index contributed by atoms with van der Waals surface area (Å²) < 4.78 is 41.0.